The van der Waals surface area contributed by atoms with Crippen LogP contribution in [0, 0.1) is 19.9 Å². The fourth-order valence-corrected chi connectivity index (χ4v) is 6.42. The Morgan fingerprint density at radius 2 is 1.37 bits per heavy atom. The van der Waals surface area contributed by atoms with Gasteiger partial charge in [-0.15, -0.1) is 29.3 Å². The molecular weight excluding hydrogens is 782 g/mol. The van der Waals surface area contributed by atoms with Crippen molar-refractivity contribution in [2.45, 2.75) is 40.0 Å². The van der Waals surface area contributed by atoms with Gasteiger partial charge in [-0.1, -0.05) is 99.6 Å². The summed E-state index contributed by atoms with van der Waals surface area (Å²) in [6.07, 6.45) is 1.83. The van der Waals surface area contributed by atoms with Crippen LogP contribution in [-0.2, 0) is 26.5 Å². The molecule has 0 aliphatic rings. The summed E-state index contributed by atoms with van der Waals surface area (Å²) in [6, 6.07) is 47.0. The van der Waals surface area contributed by atoms with Crippen molar-refractivity contribution in [3.05, 3.63) is 156 Å². The molecule has 7 aromatic rings. The Bertz CT molecular complexity index is 2250. The van der Waals surface area contributed by atoms with Crippen molar-refractivity contribution >= 4 is 28.0 Å². The SMILES string of the molecule is Cc1cccc(C)c1-c1cc(-c2[c-]c(N(c3ccccn3)c3cccc4ccccc34)cc(C(C)(C)C)c2)nc(-c2ccccc2O)c1.[Pt]. The van der Waals surface area contributed by atoms with Crippen molar-refractivity contribution in [2.24, 2.45) is 0 Å². The number of hydrogen-bond donors (Lipinski definition) is 1. The van der Waals surface area contributed by atoms with Crippen LogP contribution in [0.5, 0.6) is 5.75 Å². The first-order chi connectivity index (χ1) is 23.2. The van der Waals surface area contributed by atoms with Crippen LogP contribution in [0.4, 0.5) is 17.2 Å². The first kappa shape index (κ1) is 33.8. The number of para-hydroxylation sites is 1. The number of fused-ring (bicyclic) bond motifs is 1. The number of phenols is 1. The van der Waals surface area contributed by atoms with E-state index in [1.165, 1.54) is 11.1 Å². The molecule has 0 saturated heterocycles. The van der Waals surface area contributed by atoms with Gasteiger partial charge >= 0.3 is 0 Å². The van der Waals surface area contributed by atoms with Gasteiger partial charge in [-0.3, -0.25) is 4.98 Å². The Balaban J connectivity index is 0.00000417. The number of anilines is 3. The second-order valence-electron chi connectivity index (χ2n) is 13.3. The molecule has 0 bridgehead atoms. The van der Waals surface area contributed by atoms with Crippen molar-refractivity contribution < 1.29 is 26.2 Å². The van der Waals surface area contributed by atoms with Gasteiger partial charge in [0.15, 0.2) is 0 Å². The predicted octanol–water partition coefficient (Wildman–Crippen LogP) is 11.5. The number of hydrogen-bond acceptors (Lipinski definition) is 4. The molecule has 0 spiro atoms. The molecule has 5 aromatic carbocycles. The van der Waals surface area contributed by atoms with Crippen LogP contribution < -0.4 is 4.90 Å². The molecule has 0 saturated carbocycles. The van der Waals surface area contributed by atoms with Gasteiger partial charge in [0.05, 0.1) is 11.4 Å². The van der Waals surface area contributed by atoms with Crippen LogP contribution >= 0.6 is 0 Å². The van der Waals surface area contributed by atoms with Gasteiger partial charge in [0.25, 0.3) is 0 Å². The van der Waals surface area contributed by atoms with Crippen molar-refractivity contribution in [3.63, 3.8) is 0 Å². The second kappa shape index (κ2) is 13.8. The summed E-state index contributed by atoms with van der Waals surface area (Å²) in [4.78, 5) is 12.2. The molecular formula is C44H38N3OPt-. The van der Waals surface area contributed by atoms with Gasteiger partial charge in [0, 0.05) is 38.2 Å². The van der Waals surface area contributed by atoms with Crippen molar-refractivity contribution in [1.82, 2.24) is 9.97 Å². The third kappa shape index (κ3) is 6.79. The van der Waals surface area contributed by atoms with E-state index in [0.717, 1.165) is 55.9 Å². The zero-order valence-corrected chi connectivity index (χ0v) is 30.6. The van der Waals surface area contributed by atoms with Crippen molar-refractivity contribution in [1.29, 1.82) is 0 Å². The fraction of sp³-hybridized carbons (Fsp3) is 0.136. The largest absolute Gasteiger partial charge is 0.507 e. The molecule has 0 aliphatic carbocycles. The van der Waals surface area contributed by atoms with Crippen molar-refractivity contribution in [2.75, 3.05) is 4.90 Å². The molecule has 4 nitrogen and oxygen atoms in total. The zero-order chi connectivity index (χ0) is 33.4. The topological polar surface area (TPSA) is 49.2 Å². The van der Waals surface area contributed by atoms with Gasteiger partial charge in [-0.25, -0.2) is 4.98 Å². The van der Waals surface area contributed by atoms with Gasteiger partial charge in [0.1, 0.15) is 11.6 Å². The summed E-state index contributed by atoms with van der Waals surface area (Å²) < 4.78 is 0. The summed E-state index contributed by atoms with van der Waals surface area (Å²) in [6.45, 7) is 11.0. The van der Waals surface area contributed by atoms with Crippen molar-refractivity contribution in [3.8, 4) is 39.4 Å². The minimum Gasteiger partial charge on any atom is -0.507 e. The van der Waals surface area contributed by atoms with Crippen LogP contribution in [0.1, 0.15) is 37.5 Å². The maximum atomic E-state index is 10.9. The zero-order valence-electron chi connectivity index (χ0n) is 28.3. The molecule has 0 fully saturated rings. The molecule has 2 aromatic heterocycles. The summed E-state index contributed by atoms with van der Waals surface area (Å²) in [5.74, 6) is 0.995. The Morgan fingerprint density at radius 1 is 0.694 bits per heavy atom. The van der Waals surface area contributed by atoms with Gasteiger partial charge < -0.3 is 10.0 Å². The third-order valence-electron chi connectivity index (χ3n) is 8.90. The molecule has 0 amide bonds. The Morgan fingerprint density at radius 3 is 2.10 bits per heavy atom. The number of benzene rings is 5. The molecule has 7 rings (SSSR count). The Kier molecular flexibility index (Phi) is 9.54. The van der Waals surface area contributed by atoms with Crippen LogP contribution in [-0.4, -0.2) is 15.1 Å². The summed E-state index contributed by atoms with van der Waals surface area (Å²) >= 11 is 0. The summed E-state index contributed by atoms with van der Waals surface area (Å²) in [5.41, 5.74) is 10.5. The first-order valence-corrected chi connectivity index (χ1v) is 16.3. The molecule has 0 atom stereocenters. The van der Waals surface area contributed by atoms with E-state index < -0.39 is 0 Å². The predicted molar refractivity (Wildman–Crippen MR) is 199 cm³/mol. The van der Waals surface area contributed by atoms with E-state index in [1.807, 2.05) is 42.6 Å². The van der Waals surface area contributed by atoms with E-state index in [1.54, 1.807) is 6.07 Å². The maximum Gasteiger partial charge on any atom is 0.136 e. The molecule has 246 valence electrons. The van der Waals surface area contributed by atoms with Gasteiger partial charge in [-0.05, 0) is 94.7 Å². The number of phenolic OH excluding ortho intramolecular Hbond substituents is 1. The second-order valence-corrected chi connectivity index (χ2v) is 13.3. The molecule has 0 aliphatic heterocycles. The molecule has 0 unspecified atom stereocenters. The molecule has 49 heavy (non-hydrogen) atoms. The van der Waals surface area contributed by atoms with Crippen LogP contribution in [0.2, 0.25) is 0 Å². The minimum absolute atomic E-state index is 0. The van der Waals surface area contributed by atoms with E-state index in [4.69, 9.17) is 9.97 Å². The van der Waals surface area contributed by atoms with E-state index in [9.17, 15) is 5.11 Å². The number of nitrogens with zero attached hydrogens (tertiary/aromatic N) is 3. The monoisotopic (exact) mass is 819 g/mol. The standard InChI is InChI=1S/C44H38N3O.Pt/c1-29-14-12-15-30(2)43(29)33-26-38(46-39(27-33)37-19-8-9-21-41(37)48)32-24-34(44(3,4)5)28-35(25-32)47(42-22-10-11-23-45-42)40-20-13-17-31-16-6-7-18-36(31)40;/h6-24,26-28,48H,1-5H3;/q-1;. The van der Waals surface area contributed by atoms with E-state index in [0.29, 0.717) is 11.3 Å². The number of aromatic hydroxyl groups is 1. The summed E-state index contributed by atoms with van der Waals surface area (Å²) in [5, 5.41) is 13.2. The minimum atomic E-state index is -0.169. The number of aryl methyl sites for hydroxylation is 2. The first-order valence-electron chi connectivity index (χ1n) is 16.3. The van der Waals surface area contributed by atoms with E-state index in [2.05, 4.69) is 131 Å². The average molecular weight is 820 g/mol. The number of rotatable bonds is 6. The van der Waals surface area contributed by atoms with E-state index >= 15 is 0 Å². The molecule has 2 heterocycles. The normalized spacial score (nSPS) is 11.3. The van der Waals surface area contributed by atoms with Gasteiger partial charge in [-0.2, -0.15) is 0 Å². The summed E-state index contributed by atoms with van der Waals surface area (Å²) in [7, 11) is 0. The Labute approximate surface area is 303 Å². The van der Waals surface area contributed by atoms with E-state index in [-0.39, 0.29) is 32.2 Å². The molecule has 1 N–H and O–H groups in total. The molecule has 0 radical (unpaired) electrons. The van der Waals surface area contributed by atoms with Crippen LogP contribution in [0.25, 0.3) is 44.4 Å². The smallest absolute Gasteiger partial charge is 0.136 e. The van der Waals surface area contributed by atoms with Crippen LogP contribution in [0.3, 0.4) is 0 Å². The number of aromatic nitrogens is 2. The quantitative estimate of drug-likeness (QED) is 0.170. The maximum absolute atomic E-state index is 10.9. The van der Waals surface area contributed by atoms with Gasteiger partial charge in [0.2, 0.25) is 0 Å². The fourth-order valence-electron chi connectivity index (χ4n) is 6.42. The number of pyridine rings is 2. The van der Waals surface area contributed by atoms with Crippen LogP contribution in [0.15, 0.2) is 134 Å². The third-order valence-corrected chi connectivity index (χ3v) is 8.90. The average Bonchev–Trinajstić information content (AvgIpc) is 3.08. The molecule has 5 heteroatoms. The Hall–Kier alpha value is -5.05.